The SMILES string of the molecule is CCC[C@]1(C2CCN(C(=O)Cc3cccc4ccccc34)CC2)NC(=O)N(C[C@H]2CCCO2)C1=O. The summed E-state index contributed by atoms with van der Waals surface area (Å²) in [5, 5.41) is 5.35. The second kappa shape index (κ2) is 9.97. The van der Waals surface area contributed by atoms with E-state index in [1.54, 1.807) is 0 Å². The molecule has 0 radical (unpaired) electrons. The van der Waals surface area contributed by atoms with Crippen LogP contribution < -0.4 is 5.32 Å². The molecule has 0 aromatic heterocycles. The summed E-state index contributed by atoms with van der Waals surface area (Å²) in [4.78, 5) is 42.9. The van der Waals surface area contributed by atoms with Crippen LogP contribution in [0.15, 0.2) is 42.5 Å². The fourth-order valence-corrected chi connectivity index (χ4v) is 6.19. The lowest BCUT2D eigenvalue weighted by Gasteiger charge is -2.41. The van der Waals surface area contributed by atoms with E-state index in [9.17, 15) is 14.4 Å². The number of piperidine rings is 1. The van der Waals surface area contributed by atoms with Crippen molar-refractivity contribution in [2.45, 2.75) is 63.5 Å². The molecule has 3 aliphatic heterocycles. The van der Waals surface area contributed by atoms with Gasteiger partial charge in [-0.1, -0.05) is 55.8 Å². The lowest BCUT2D eigenvalue weighted by Crippen LogP contribution is -2.56. The summed E-state index contributed by atoms with van der Waals surface area (Å²) < 4.78 is 5.68. The summed E-state index contributed by atoms with van der Waals surface area (Å²) >= 11 is 0. The Morgan fingerprint density at radius 1 is 1.09 bits per heavy atom. The minimum Gasteiger partial charge on any atom is -0.376 e. The molecule has 0 bridgehead atoms. The molecule has 5 rings (SSSR count). The Kier molecular flexibility index (Phi) is 6.78. The number of benzene rings is 2. The Morgan fingerprint density at radius 3 is 2.60 bits per heavy atom. The molecule has 35 heavy (non-hydrogen) atoms. The second-order valence-electron chi connectivity index (χ2n) is 10.2. The number of carbonyl (C=O) groups excluding carboxylic acids is 3. The van der Waals surface area contributed by atoms with Crippen LogP contribution in [0, 0.1) is 5.92 Å². The van der Waals surface area contributed by atoms with Gasteiger partial charge < -0.3 is 15.0 Å². The van der Waals surface area contributed by atoms with Crippen LogP contribution in [0.2, 0.25) is 0 Å². The summed E-state index contributed by atoms with van der Waals surface area (Å²) in [5.74, 6) is 0.0292. The molecule has 2 atom stereocenters. The Bertz CT molecular complexity index is 1100. The molecule has 2 aromatic carbocycles. The Balaban J connectivity index is 1.25. The van der Waals surface area contributed by atoms with Crippen molar-refractivity contribution in [1.29, 1.82) is 0 Å². The number of fused-ring (bicyclic) bond motifs is 1. The first-order valence-electron chi connectivity index (χ1n) is 13.0. The predicted octanol–water partition coefficient (Wildman–Crippen LogP) is 3.89. The van der Waals surface area contributed by atoms with E-state index >= 15 is 0 Å². The molecule has 3 saturated heterocycles. The van der Waals surface area contributed by atoms with Gasteiger partial charge in [-0.05, 0) is 54.4 Å². The van der Waals surface area contributed by atoms with E-state index in [4.69, 9.17) is 4.74 Å². The number of hydrogen-bond acceptors (Lipinski definition) is 4. The number of likely N-dealkylation sites (tertiary alicyclic amines) is 1. The third-order valence-electron chi connectivity index (χ3n) is 8.02. The molecule has 0 unspecified atom stereocenters. The van der Waals surface area contributed by atoms with E-state index in [0.29, 0.717) is 51.9 Å². The van der Waals surface area contributed by atoms with Gasteiger partial charge in [-0.2, -0.15) is 0 Å². The number of imide groups is 1. The van der Waals surface area contributed by atoms with Crippen molar-refractivity contribution in [2.24, 2.45) is 5.92 Å². The summed E-state index contributed by atoms with van der Waals surface area (Å²) in [5.41, 5.74) is 0.176. The number of carbonyl (C=O) groups is 3. The minimum atomic E-state index is -0.866. The molecule has 0 saturated carbocycles. The average molecular weight is 478 g/mol. The van der Waals surface area contributed by atoms with Crippen molar-refractivity contribution < 1.29 is 19.1 Å². The topological polar surface area (TPSA) is 79.0 Å². The third kappa shape index (κ3) is 4.54. The Labute approximate surface area is 206 Å². The van der Waals surface area contributed by atoms with Crippen molar-refractivity contribution in [3.05, 3.63) is 48.0 Å². The zero-order valence-electron chi connectivity index (χ0n) is 20.5. The van der Waals surface area contributed by atoms with Gasteiger partial charge in [-0.15, -0.1) is 0 Å². The lowest BCUT2D eigenvalue weighted by atomic mass is 9.74. The van der Waals surface area contributed by atoms with E-state index in [2.05, 4.69) is 23.5 Å². The predicted molar refractivity (Wildman–Crippen MR) is 134 cm³/mol. The number of amides is 4. The summed E-state index contributed by atoms with van der Waals surface area (Å²) in [6.07, 6.45) is 5.01. The Morgan fingerprint density at radius 2 is 1.86 bits per heavy atom. The minimum absolute atomic E-state index is 0.0231. The van der Waals surface area contributed by atoms with Gasteiger partial charge in [0.05, 0.1) is 19.1 Å². The molecule has 3 aliphatic rings. The summed E-state index contributed by atoms with van der Waals surface area (Å²) in [7, 11) is 0. The molecule has 0 aliphatic carbocycles. The molecule has 1 N–H and O–H groups in total. The van der Waals surface area contributed by atoms with Gasteiger partial charge in [0.1, 0.15) is 5.54 Å². The first-order valence-corrected chi connectivity index (χ1v) is 13.0. The van der Waals surface area contributed by atoms with Gasteiger partial charge in [0, 0.05) is 19.7 Å². The third-order valence-corrected chi connectivity index (χ3v) is 8.02. The van der Waals surface area contributed by atoms with Gasteiger partial charge in [0.15, 0.2) is 0 Å². The molecule has 186 valence electrons. The molecule has 0 spiro atoms. The second-order valence-corrected chi connectivity index (χ2v) is 10.2. The maximum atomic E-state index is 13.6. The molecular formula is C28H35N3O4. The zero-order valence-corrected chi connectivity index (χ0v) is 20.5. The normalized spacial score (nSPS) is 25.5. The number of hydrogen-bond donors (Lipinski definition) is 1. The highest BCUT2D eigenvalue weighted by Crippen LogP contribution is 2.37. The number of rotatable bonds is 7. The van der Waals surface area contributed by atoms with Crippen LogP contribution in [0.3, 0.4) is 0 Å². The average Bonchev–Trinajstić information content (AvgIpc) is 3.48. The number of urea groups is 1. The lowest BCUT2D eigenvalue weighted by molar-refractivity contribution is -0.136. The number of ether oxygens (including phenoxy) is 1. The quantitative estimate of drug-likeness (QED) is 0.614. The number of nitrogens with one attached hydrogen (secondary N) is 1. The van der Waals surface area contributed by atoms with Crippen molar-refractivity contribution >= 4 is 28.6 Å². The smallest absolute Gasteiger partial charge is 0.325 e. The van der Waals surface area contributed by atoms with Crippen molar-refractivity contribution in [2.75, 3.05) is 26.2 Å². The summed E-state index contributed by atoms with van der Waals surface area (Å²) in [6.45, 7) is 4.29. The number of nitrogens with zero attached hydrogens (tertiary/aromatic N) is 2. The van der Waals surface area contributed by atoms with Crippen LogP contribution in [-0.2, 0) is 20.7 Å². The van der Waals surface area contributed by atoms with Crippen LogP contribution in [0.1, 0.15) is 51.0 Å². The van der Waals surface area contributed by atoms with Gasteiger partial charge in [0.2, 0.25) is 5.91 Å². The zero-order chi connectivity index (χ0) is 24.4. The summed E-state index contributed by atoms with van der Waals surface area (Å²) in [6, 6.07) is 13.9. The molecule has 4 amide bonds. The van der Waals surface area contributed by atoms with Crippen LogP contribution in [0.25, 0.3) is 10.8 Å². The highest BCUT2D eigenvalue weighted by Gasteiger charge is 2.55. The molecule has 7 nitrogen and oxygen atoms in total. The molecule has 3 fully saturated rings. The maximum absolute atomic E-state index is 13.6. The van der Waals surface area contributed by atoms with Crippen LogP contribution in [0.5, 0.6) is 0 Å². The monoisotopic (exact) mass is 477 g/mol. The van der Waals surface area contributed by atoms with Gasteiger partial charge in [-0.25, -0.2) is 4.79 Å². The molecule has 3 heterocycles. The van der Waals surface area contributed by atoms with E-state index in [-0.39, 0.29) is 29.9 Å². The van der Waals surface area contributed by atoms with Crippen LogP contribution in [0.4, 0.5) is 4.79 Å². The highest BCUT2D eigenvalue weighted by molar-refractivity contribution is 6.07. The largest absolute Gasteiger partial charge is 0.376 e. The first kappa shape index (κ1) is 23.8. The van der Waals surface area contributed by atoms with Gasteiger partial charge in [0.25, 0.3) is 5.91 Å². The van der Waals surface area contributed by atoms with Gasteiger partial charge in [-0.3, -0.25) is 14.5 Å². The Hall–Kier alpha value is -2.93. The van der Waals surface area contributed by atoms with Gasteiger partial charge >= 0.3 is 6.03 Å². The van der Waals surface area contributed by atoms with E-state index in [1.807, 2.05) is 36.1 Å². The van der Waals surface area contributed by atoms with Crippen LogP contribution in [-0.4, -0.2) is 65.5 Å². The maximum Gasteiger partial charge on any atom is 0.325 e. The van der Waals surface area contributed by atoms with E-state index < -0.39 is 5.54 Å². The fraction of sp³-hybridized carbons (Fsp3) is 0.536. The van der Waals surface area contributed by atoms with E-state index in [1.165, 1.54) is 4.90 Å². The fourth-order valence-electron chi connectivity index (χ4n) is 6.19. The van der Waals surface area contributed by atoms with Crippen molar-refractivity contribution in [3.8, 4) is 0 Å². The molecular weight excluding hydrogens is 442 g/mol. The van der Waals surface area contributed by atoms with E-state index in [0.717, 1.165) is 35.6 Å². The first-order chi connectivity index (χ1) is 17.0. The standard InChI is InChI=1S/C28H35N3O4/c1-2-14-28(26(33)31(27(34)29-28)19-23-10-6-17-35-23)22-12-15-30(16-13-22)25(32)18-21-9-5-8-20-7-3-4-11-24(20)21/h3-5,7-9,11,22-23H,2,6,10,12-19H2,1H3,(H,29,34)/t23-,28-/m1/s1. The highest BCUT2D eigenvalue weighted by atomic mass is 16.5. The molecule has 7 heteroatoms. The molecule has 2 aromatic rings. The van der Waals surface area contributed by atoms with Crippen LogP contribution >= 0.6 is 0 Å². The van der Waals surface area contributed by atoms with Crippen molar-refractivity contribution in [3.63, 3.8) is 0 Å². The van der Waals surface area contributed by atoms with Crippen molar-refractivity contribution in [1.82, 2.24) is 15.1 Å².